The molecule has 0 unspecified atom stereocenters. The number of carbonyl (C=O) groups excluding carboxylic acids is 1. The third-order valence-electron chi connectivity index (χ3n) is 4.69. The Morgan fingerprint density at radius 2 is 2.12 bits per heavy atom. The first kappa shape index (κ1) is 23.7. The second-order valence-electron chi connectivity index (χ2n) is 7.19. The van der Waals surface area contributed by atoms with Crippen LogP contribution in [0.5, 0.6) is 5.75 Å². The number of amides is 1. The number of aromatic nitrogens is 4. The minimum atomic E-state index is -0.447. The van der Waals surface area contributed by atoms with Gasteiger partial charge in [-0.25, -0.2) is 9.37 Å². The van der Waals surface area contributed by atoms with Crippen LogP contribution in [0.3, 0.4) is 0 Å². The van der Waals surface area contributed by atoms with Crippen molar-refractivity contribution in [1.29, 1.82) is 0 Å². The molecule has 7 nitrogen and oxygen atoms in total. The number of rotatable bonds is 10. The molecule has 0 atom stereocenters. The molecule has 1 amide bonds. The Kier molecular flexibility index (Phi) is 7.71. The molecule has 0 saturated carbocycles. The predicted molar refractivity (Wildman–Crippen MR) is 133 cm³/mol. The number of nitrogens with one attached hydrogen (secondary N) is 1. The van der Waals surface area contributed by atoms with Crippen molar-refractivity contribution < 1.29 is 13.9 Å². The summed E-state index contributed by atoms with van der Waals surface area (Å²) in [6.45, 7) is 6.20. The molecule has 34 heavy (non-hydrogen) atoms. The molecule has 2 aromatic carbocycles. The van der Waals surface area contributed by atoms with Crippen LogP contribution in [0.1, 0.15) is 10.8 Å². The molecule has 0 fully saturated rings. The third-order valence-corrected chi connectivity index (χ3v) is 6.43. The van der Waals surface area contributed by atoms with Gasteiger partial charge in [-0.1, -0.05) is 42.1 Å². The highest BCUT2D eigenvalue weighted by molar-refractivity contribution is 7.99. The van der Waals surface area contributed by atoms with Gasteiger partial charge in [-0.2, -0.15) is 0 Å². The Hall–Kier alpha value is -3.50. The first-order valence-corrected chi connectivity index (χ1v) is 12.3. The Balaban J connectivity index is 1.38. The molecule has 10 heteroatoms. The number of benzene rings is 2. The monoisotopic (exact) mass is 495 g/mol. The van der Waals surface area contributed by atoms with Crippen molar-refractivity contribution in [2.75, 3.05) is 11.1 Å². The number of thiazole rings is 1. The van der Waals surface area contributed by atoms with Gasteiger partial charge in [-0.05, 0) is 31.2 Å². The average molecular weight is 496 g/mol. The standard InChI is InChI=1S/C24H22FN5O2S2/c1-3-11-30-22(13-32-21-10-5-4-9-19(21)25)28-29-24(30)34-15-23(31)27-18-8-6-7-17(12-18)20-14-33-16(2)26-20/h3-10,12,14H,1,11,13,15H2,2H3,(H,27,31). The van der Waals surface area contributed by atoms with Gasteiger partial charge in [0.2, 0.25) is 5.91 Å². The van der Waals surface area contributed by atoms with Gasteiger partial charge in [0.25, 0.3) is 0 Å². The summed E-state index contributed by atoms with van der Waals surface area (Å²) in [6, 6.07) is 13.8. The molecule has 0 bridgehead atoms. The summed E-state index contributed by atoms with van der Waals surface area (Å²) in [5.41, 5.74) is 2.52. The number of allylic oxidation sites excluding steroid dienone is 1. The summed E-state index contributed by atoms with van der Waals surface area (Å²) < 4.78 is 21.2. The van der Waals surface area contributed by atoms with Crippen LogP contribution in [0.2, 0.25) is 0 Å². The molecule has 1 N–H and O–H groups in total. The summed E-state index contributed by atoms with van der Waals surface area (Å²) in [6.07, 6.45) is 1.70. The molecule has 2 heterocycles. The molecule has 0 aliphatic rings. The van der Waals surface area contributed by atoms with Crippen molar-refractivity contribution in [1.82, 2.24) is 19.7 Å². The Morgan fingerprint density at radius 3 is 2.88 bits per heavy atom. The first-order valence-electron chi connectivity index (χ1n) is 10.4. The highest BCUT2D eigenvalue weighted by Crippen LogP contribution is 2.25. The molecule has 4 rings (SSSR count). The lowest BCUT2D eigenvalue weighted by atomic mass is 10.1. The lowest BCUT2D eigenvalue weighted by Gasteiger charge is -2.10. The van der Waals surface area contributed by atoms with E-state index in [1.807, 2.05) is 36.6 Å². The van der Waals surface area contributed by atoms with Crippen molar-refractivity contribution >= 4 is 34.7 Å². The van der Waals surface area contributed by atoms with E-state index in [1.165, 1.54) is 17.8 Å². The van der Waals surface area contributed by atoms with Crippen LogP contribution < -0.4 is 10.1 Å². The Morgan fingerprint density at radius 1 is 1.26 bits per heavy atom. The Bertz CT molecular complexity index is 1300. The number of aryl methyl sites for hydroxylation is 1. The number of halogens is 1. The van der Waals surface area contributed by atoms with Crippen LogP contribution in [0.25, 0.3) is 11.3 Å². The van der Waals surface area contributed by atoms with Crippen LogP contribution in [-0.2, 0) is 17.9 Å². The van der Waals surface area contributed by atoms with Gasteiger partial charge in [-0.15, -0.1) is 28.1 Å². The number of thioether (sulfide) groups is 1. The van der Waals surface area contributed by atoms with Crippen LogP contribution in [0.15, 0.2) is 71.7 Å². The minimum absolute atomic E-state index is 0.0391. The van der Waals surface area contributed by atoms with Crippen molar-refractivity contribution in [3.63, 3.8) is 0 Å². The Labute approximate surface area is 204 Å². The van der Waals surface area contributed by atoms with E-state index in [1.54, 1.807) is 40.2 Å². The maximum atomic E-state index is 13.8. The van der Waals surface area contributed by atoms with E-state index in [9.17, 15) is 9.18 Å². The maximum absolute atomic E-state index is 13.8. The smallest absolute Gasteiger partial charge is 0.234 e. The molecule has 4 aromatic rings. The van der Waals surface area contributed by atoms with Gasteiger partial charge >= 0.3 is 0 Å². The highest BCUT2D eigenvalue weighted by Gasteiger charge is 2.15. The van der Waals surface area contributed by atoms with E-state index in [2.05, 4.69) is 27.1 Å². The van der Waals surface area contributed by atoms with Crippen LogP contribution >= 0.6 is 23.1 Å². The lowest BCUT2D eigenvalue weighted by molar-refractivity contribution is -0.113. The van der Waals surface area contributed by atoms with E-state index in [0.29, 0.717) is 23.2 Å². The fourth-order valence-electron chi connectivity index (χ4n) is 3.13. The van der Waals surface area contributed by atoms with E-state index in [-0.39, 0.29) is 24.0 Å². The number of nitrogens with zero attached hydrogens (tertiary/aromatic N) is 4. The number of carbonyl (C=O) groups is 1. The van der Waals surface area contributed by atoms with Crippen molar-refractivity contribution in [3.05, 3.63) is 83.2 Å². The van der Waals surface area contributed by atoms with E-state index < -0.39 is 5.82 Å². The van der Waals surface area contributed by atoms with Gasteiger partial charge < -0.3 is 10.1 Å². The third kappa shape index (κ3) is 5.89. The quantitative estimate of drug-likeness (QED) is 0.236. The second-order valence-corrected chi connectivity index (χ2v) is 9.19. The zero-order valence-corrected chi connectivity index (χ0v) is 20.0. The largest absolute Gasteiger partial charge is 0.483 e. The molecular weight excluding hydrogens is 473 g/mol. The number of ether oxygens (including phenoxy) is 1. The number of para-hydroxylation sites is 1. The highest BCUT2D eigenvalue weighted by atomic mass is 32.2. The summed E-state index contributed by atoms with van der Waals surface area (Å²) in [5, 5.41) is 14.8. The SMILES string of the molecule is C=CCn1c(COc2ccccc2F)nnc1SCC(=O)Nc1cccc(-c2csc(C)n2)c1. The van der Waals surface area contributed by atoms with Crippen molar-refractivity contribution in [2.24, 2.45) is 0 Å². The van der Waals surface area contributed by atoms with Crippen molar-refractivity contribution in [3.8, 4) is 17.0 Å². The fraction of sp³-hybridized carbons (Fsp3) is 0.167. The molecule has 174 valence electrons. The van der Waals surface area contributed by atoms with Gasteiger partial charge in [0.15, 0.2) is 22.5 Å². The van der Waals surface area contributed by atoms with Crippen LogP contribution in [0, 0.1) is 12.7 Å². The summed E-state index contributed by atoms with van der Waals surface area (Å²) in [7, 11) is 0. The maximum Gasteiger partial charge on any atom is 0.234 e. The summed E-state index contributed by atoms with van der Waals surface area (Å²) >= 11 is 2.84. The molecule has 0 spiro atoms. The normalized spacial score (nSPS) is 10.8. The van der Waals surface area contributed by atoms with Crippen LogP contribution in [-0.4, -0.2) is 31.4 Å². The number of hydrogen-bond donors (Lipinski definition) is 1. The minimum Gasteiger partial charge on any atom is -0.483 e. The number of anilines is 1. The van der Waals surface area contributed by atoms with E-state index >= 15 is 0 Å². The van der Waals surface area contributed by atoms with Gasteiger partial charge in [-0.3, -0.25) is 9.36 Å². The first-order chi connectivity index (χ1) is 16.5. The second kappa shape index (κ2) is 11.1. The average Bonchev–Trinajstić information content (AvgIpc) is 3.44. The molecule has 0 aliphatic carbocycles. The van der Waals surface area contributed by atoms with Gasteiger partial charge in [0.1, 0.15) is 6.61 Å². The summed E-state index contributed by atoms with van der Waals surface area (Å²) in [4.78, 5) is 17.1. The summed E-state index contributed by atoms with van der Waals surface area (Å²) in [5.74, 6) is 0.173. The molecule has 0 radical (unpaired) electrons. The number of hydrogen-bond acceptors (Lipinski definition) is 7. The predicted octanol–water partition coefficient (Wildman–Crippen LogP) is 5.34. The molecular formula is C24H22FN5O2S2. The molecule has 0 saturated heterocycles. The van der Waals surface area contributed by atoms with Gasteiger partial charge in [0.05, 0.1) is 16.5 Å². The molecule has 0 aliphatic heterocycles. The van der Waals surface area contributed by atoms with E-state index in [0.717, 1.165) is 16.3 Å². The topological polar surface area (TPSA) is 81.9 Å². The van der Waals surface area contributed by atoms with Crippen LogP contribution in [0.4, 0.5) is 10.1 Å². The molecule has 2 aromatic heterocycles. The van der Waals surface area contributed by atoms with Crippen molar-refractivity contribution in [2.45, 2.75) is 25.2 Å². The van der Waals surface area contributed by atoms with Gasteiger partial charge in [0, 0.05) is 23.2 Å². The van der Waals surface area contributed by atoms with E-state index in [4.69, 9.17) is 4.74 Å². The fourth-order valence-corrected chi connectivity index (χ4v) is 4.52. The lowest BCUT2D eigenvalue weighted by Crippen LogP contribution is -2.15. The zero-order valence-electron chi connectivity index (χ0n) is 18.4. The zero-order chi connectivity index (χ0) is 23.9.